The smallest absolute Gasteiger partial charge is 0.223 e. The van der Waals surface area contributed by atoms with Gasteiger partial charge in [0.1, 0.15) is 0 Å². The Morgan fingerprint density at radius 2 is 2.24 bits per heavy atom. The van der Waals surface area contributed by atoms with Crippen LogP contribution >= 0.6 is 0 Å². The van der Waals surface area contributed by atoms with Crippen LogP contribution in [0.3, 0.4) is 0 Å². The Kier molecular flexibility index (Phi) is 5.40. The minimum atomic E-state index is -0.153. The van der Waals surface area contributed by atoms with Gasteiger partial charge in [0, 0.05) is 39.2 Å². The molecule has 4 heteroatoms. The van der Waals surface area contributed by atoms with E-state index < -0.39 is 0 Å². The van der Waals surface area contributed by atoms with E-state index in [-0.39, 0.29) is 11.5 Å². The molecule has 0 aliphatic carbocycles. The first-order valence-electron chi connectivity index (χ1n) is 6.53. The fourth-order valence-corrected chi connectivity index (χ4v) is 2.21. The lowest BCUT2D eigenvalue weighted by atomic mass is 9.94. The number of ether oxygens (including phenoxy) is 1. The lowest BCUT2D eigenvalue weighted by Crippen LogP contribution is -2.50. The largest absolute Gasteiger partial charge is 0.377 e. The molecule has 1 amide bonds. The molecule has 0 aromatic rings. The zero-order valence-corrected chi connectivity index (χ0v) is 11.6. The molecule has 0 saturated carbocycles. The van der Waals surface area contributed by atoms with Crippen molar-refractivity contribution in [3.05, 3.63) is 0 Å². The Morgan fingerprint density at radius 1 is 1.53 bits per heavy atom. The molecule has 1 N–H and O–H groups in total. The highest BCUT2D eigenvalue weighted by Gasteiger charge is 2.32. The Labute approximate surface area is 105 Å². The zero-order chi connectivity index (χ0) is 12.9. The average molecular weight is 242 g/mol. The number of methoxy groups -OCH3 is 1. The van der Waals surface area contributed by atoms with E-state index in [1.54, 1.807) is 7.11 Å². The lowest BCUT2D eigenvalue weighted by molar-refractivity contribution is -0.139. The number of amides is 1. The van der Waals surface area contributed by atoms with E-state index in [1.165, 1.54) is 0 Å². The first-order valence-corrected chi connectivity index (χ1v) is 6.53. The van der Waals surface area contributed by atoms with Crippen molar-refractivity contribution in [2.45, 2.75) is 51.7 Å². The summed E-state index contributed by atoms with van der Waals surface area (Å²) in [5.74, 6) is 0.237. The molecule has 1 aliphatic heterocycles. The number of piperidine rings is 1. The van der Waals surface area contributed by atoms with Gasteiger partial charge in [-0.25, -0.2) is 0 Å². The zero-order valence-electron chi connectivity index (χ0n) is 11.6. The monoisotopic (exact) mass is 242 g/mol. The van der Waals surface area contributed by atoms with Crippen molar-refractivity contribution in [2.75, 3.05) is 26.7 Å². The first-order chi connectivity index (χ1) is 7.97. The topological polar surface area (TPSA) is 41.6 Å². The summed E-state index contributed by atoms with van der Waals surface area (Å²) in [4.78, 5) is 14.0. The highest BCUT2D eigenvalue weighted by atomic mass is 16.5. The SMILES string of the molecule is COC1(C)CCCN(C(=O)CCNC(C)C)C1. The molecular formula is C13H26N2O2. The maximum Gasteiger partial charge on any atom is 0.223 e. The molecule has 1 saturated heterocycles. The predicted octanol–water partition coefficient (Wildman–Crippen LogP) is 1.40. The Bertz CT molecular complexity index is 256. The van der Waals surface area contributed by atoms with Gasteiger partial charge in [-0.05, 0) is 19.8 Å². The molecule has 1 atom stereocenters. The van der Waals surface area contributed by atoms with E-state index in [9.17, 15) is 4.79 Å². The number of carbonyl (C=O) groups excluding carboxylic acids is 1. The molecule has 4 nitrogen and oxygen atoms in total. The summed E-state index contributed by atoms with van der Waals surface area (Å²) >= 11 is 0. The van der Waals surface area contributed by atoms with Crippen molar-refractivity contribution >= 4 is 5.91 Å². The van der Waals surface area contributed by atoms with Gasteiger partial charge in [0.2, 0.25) is 5.91 Å². The van der Waals surface area contributed by atoms with E-state index in [2.05, 4.69) is 26.1 Å². The summed E-state index contributed by atoms with van der Waals surface area (Å²) in [5, 5.41) is 3.27. The van der Waals surface area contributed by atoms with Gasteiger partial charge in [-0.15, -0.1) is 0 Å². The summed E-state index contributed by atoms with van der Waals surface area (Å²) in [6.45, 7) is 8.62. The molecule has 17 heavy (non-hydrogen) atoms. The van der Waals surface area contributed by atoms with Crippen LogP contribution in [0.15, 0.2) is 0 Å². The summed E-state index contributed by atoms with van der Waals surface area (Å²) in [6, 6.07) is 0.438. The average Bonchev–Trinajstić information content (AvgIpc) is 2.28. The number of rotatable bonds is 5. The maximum absolute atomic E-state index is 12.0. The van der Waals surface area contributed by atoms with E-state index >= 15 is 0 Å². The third-order valence-electron chi connectivity index (χ3n) is 3.40. The maximum atomic E-state index is 12.0. The third kappa shape index (κ3) is 4.64. The van der Waals surface area contributed by atoms with E-state index in [0.29, 0.717) is 12.5 Å². The molecule has 1 unspecified atom stereocenters. The fourth-order valence-electron chi connectivity index (χ4n) is 2.21. The second-order valence-corrected chi connectivity index (χ2v) is 5.43. The minimum absolute atomic E-state index is 0.153. The number of nitrogens with zero attached hydrogens (tertiary/aromatic N) is 1. The molecule has 1 fully saturated rings. The van der Waals surface area contributed by atoms with Crippen LogP contribution < -0.4 is 5.32 Å². The van der Waals surface area contributed by atoms with Crippen molar-refractivity contribution in [3.63, 3.8) is 0 Å². The Hall–Kier alpha value is -0.610. The number of hydrogen-bond acceptors (Lipinski definition) is 3. The van der Waals surface area contributed by atoms with Gasteiger partial charge in [0.05, 0.1) is 5.60 Å². The Morgan fingerprint density at radius 3 is 2.82 bits per heavy atom. The van der Waals surface area contributed by atoms with Gasteiger partial charge in [0.15, 0.2) is 0 Å². The van der Waals surface area contributed by atoms with E-state index in [1.807, 2.05) is 4.90 Å². The van der Waals surface area contributed by atoms with Crippen LogP contribution in [0.5, 0.6) is 0 Å². The van der Waals surface area contributed by atoms with Crippen molar-refractivity contribution in [2.24, 2.45) is 0 Å². The normalized spacial score (nSPS) is 25.4. The quantitative estimate of drug-likeness (QED) is 0.792. The Balaban J connectivity index is 2.36. The number of hydrogen-bond donors (Lipinski definition) is 1. The van der Waals surface area contributed by atoms with Gasteiger partial charge in [-0.1, -0.05) is 13.8 Å². The molecular weight excluding hydrogens is 216 g/mol. The second-order valence-electron chi connectivity index (χ2n) is 5.43. The van der Waals surface area contributed by atoms with Crippen LogP contribution in [0.25, 0.3) is 0 Å². The predicted molar refractivity (Wildman–Crippen MR) is 69.0 cm³/mol. The third-order valence-corrected chi connectivity index (χ3v) is 3.40. The molecule has 0 aromatic heterocycles. The first kappa shape index (κ1) is 14.5. The van der Waals surface area contributed by atoms with Crippen molar-refractivity contribution < 1.29 is 9.53 Å². The summed E-state index contributed by atoms with van der Waals surface area (Å²) in [7, 11) is 1.73. The number of likely N-dealkylation sites (tertiary alicyclic amines) is 1. The van der Waals surface area contributed by atoms with Gasteiger partial charge in [0.25, 0.3) is 0 Å². The van der Waals surface area contributed by atoms with Crippen LogP contribution in [0.2, 0.25) is 0 Å². The van der Waals surface area contributed by atoms with Crippen LogP contribution in [0.1, 0.15) is 40.0 Å². The van der Waals surface area contributed by atoms with Gasteiger partial charge < -0.3 is 15.0 Å². The molecule has 0 radical (unpaired) electrons. The number of carbonyl (C=O) groups is 1. The van der Waals surface area contributed by atoms with Crippen molar-refractivity contribution in [1.29, 1.82) is 0 Å². The van der Waals surface area contributed by atoms with Crippen LogP contribution in [0.4, 0.5) is 0 Å². The summed E-state index contributed by atoms with van der Waals surface area (Å²) < 4.78 is 5.49. The summed E-state index contributed by atoms with van der Waals surface area (Å²) in [6.07, 6.45) is 2.66. The van der Waals surface area contributed by atoms with E-state index in [0.717, 1.165) is 32.5 Å². The molecule has 100 valence electrons. The molecule has 1 aliphatic rings. The lowest BCUT2D eigenvalue weighted by Gasteiger charge is -2.39. The van der Waals surface area contributed by atoms with Gasteiger partial charge >= 0.3 is 0 Å². The second kappa shape index (κ2) is 6.36. The standard InChI is InChI=1S/C13H26N2O2/c1-11(2)14-8-6-12(16)15-9-5-7-13(3,10-15)17-4/h11,14H,5-10H2,1-4H3. The fraction of sp³-hybridized carbons (Fsp3) is 0.923. The van der Waals surface area contributed by atoms with Gasteiger partial charge in [-0.2, -0.15) is 0 Å². The molecule has 0 bridgehead atoms. The minimum Gasteiger partial charge on any atom is -0.377 e. The van der Waals surface area contributed by atoms with E-state index in [4.69, 9.17) is 4.74 Å². The number of nitrogens with one attached hydrogen (secondary N) is 1. The van der Waals surface area contributed by atoms with Gasteiger partial charge in [-0.3, -0.25) is 4.79 Å². The highest BCUT2D eigenvalue weighted by Crippen LogP contribution is 2.24. The van der Waals surface area contributed by atoms with Crippen molar-refractivity contribution in [1.82, 2.24) is 10.2 Å². The highest BCUT2D eigenvalue weighted by molar-refractivity contribution is 5.76. The van der Waals surface area contributed by atoms with Crippen LogP contribution in [0, 0.1) is 0 Å². The summed E-state index contributed by atoms with van der Waals surface area (Å²) in [5.41, 5.74) is -0.153. The molecule has 1 rings (SSSR count). The van der Waals surface area contributed by atoms with Crippen molar-refractivity contribution in [3.8, 4) is 0 Å². The molecule has 1 heterocycles. The van der Waals surface area contributed by atoms with Crippen LogP contribution in [-0.4, -0.2) is 49.2 Å². The van der Waals surface area contributed by atoms with Crippen LogP contribution in [-0.2, 0) is 9.53 Å². The molecule has 0 aromatic carbocycles. The molecule has 0 spiro atoms.